The average Bonchev–Trinajstić information content (AvgIpc) is 3.21. The maximum absolute atomic E-state index is 13.1. The maximum Gasteiger partial charge on any atom is 0.312 e. The highest BCUT2D eigenvalue weighted by Crippen LogP contribution is 2.52. The number of aryl methyl sites for hydroxylation is 1. The van der Waals surface area contributed by atoms with Crippen molar-refractivity contribution in [3.8, 4) is 0 Å². The first-order chi connectivity index (χ1) is 11.9. The first kappa shape index (κ1) is 16.3. The number of carbonyl (C=O) groups is 2. The predicted octanol–water partition coefficient (Wildman–Crippen LogP) is 2.48. The number of nitrogens with zero attached hydrogens (tertiary/aromatic N) is 1. The molecule has 0 aliphatic carbocycles. The summed E-state index contributed by atoms with van der Waals surface area (Å²) < 4.78 is 11.5. The number of ether oxygens (including phenoxy) is 2. The number of hydrogen-bond donors (Lipinski definition) is 0. The van der Waals surface area contributed by atoms with Crippen LogP contribution in [0.5, 0.6) is 0 Å². The molecule has 132 valence electrons. The third kappa shape index (κ3) is 2.49. The van der Waals surface area contributed by atoms with E-state index in [1.165, 1.54) is 0 Å². The summed E-state index contributed by atoms with van der Waals surface area (Å²) in [6.45, 7) is 6.79. The first-order valence-corrected chi connectivity index (χ1v) is 8.83. The van der Waals surface area contributed by atoms with Crippen LogP contribution in [0.1, 0.15) is 19.4 Å². The molecule has 2 bridgehead atoms. The lowest BCUT2D eigenvalue weighted by atomic mass is 9.77. The standard InChI is InChI=1S/C20H23NO4/c1-12(2)10-24-19(23)16-15-7-8-20(25-15)11-21(18(22)17(16)20)14-6-4-5-13(3)9-14/h4-9,12,15-17H,10-11H2,1-3H3/t15-,16-,17+,20-/m0/s1. The van der Waals surface area contributed by atoms with E-state index >= 15 is 0 Å². The van der Waals surface area contributed by atoms with Crippen molar-refractivity contribution < 1.29 is 19.1 Å². The van der Waals surface area contributed by atoms with Crippen molar-refractivity contribution in [2.24, 2.45) is 17.8 Å². The smallest absolute Gasteiger partial charge is 0.312 e. The van der Waals surface area contributed by atoms with E-state index < -0.39 is 17.4 Å². The van der Waals surface area contributed by atoms with Crippen LogP contribution in [-0.4, -0.2) is 36.7 Å². The van der Waals surface area contributed by atoms with Gasteiger partial charge in [0, 0.05) is 5.69 Å². The van der Waals surface area contributed by atoms with E-state index in [-0.39, 0.29) is 23.9 Å². The van der Waals surface area contributed by atoms with Gasteiger partial charge in [-0.1, -0.05) is 38.1 Å². The lowest BCUT2D eigenvalue weighted by molar-refractivity contribution is -0.153. The highest BCUT2D eigenvalue weighted by molar-refractivity contribution is 6.02. The summed E-state index contributed by atoms with van der Waals surface area (Å²) in [6, 6.07) is 7.84. The van der Waals surface area contributed by atoms with Crippen LogP contribution < -0.4 is 4.90 Å². The van der Waals surface area contributed by atoms with E-state index in [0.29, 0.717) is 13.2 Å². The van der Waals surface area contributed by atoms with Gasteiger partial charge < -0.3 is 14.4 Å². The van der Waals surface area contributed by atoms with Gasteiger partial charge in [-0.05, 0) is 30.5 Å². The quantitative estimate of drug-likeness (QED) is 0.624. The minimum atomic E-state index is -0.701. The van der Waals surface area contributed by atoms with Gasteiger partial charge in [0.05, 0.1) is 25.2 Å². The zero-order valence-electron chi connectivity index (χ0n) is 14.8. The normalized spacial score (nSPS) is 32.6. The molecule has 0 aromatic heterocycles. The monoisotopic (exact) mass is 341 g/mol. The Morgan fingerprint density at radius 3 is 2.96 bits per heavy atom. The number of rotatable bonds is 4. The predicted molar refractivity (Wildman–Crippen MR) is 93.1 cm³/mol. The van der Waals surface area contributed by atoms with Gasteiger partial charge in [-0.3, -0.25) is 9.59 Å². The molecule has 2 saturated heterocycles. The molecule has 25 heavy (non-hydrogen) atoms. The molecule has 1 amide bonds. The zero-order chi connectivity index (χ0) is 17.8. The van der Waals surface area contributed by atoms with E-state index in [1.807, 2.05) is 57.2 Å². The second-order valence-electron chi connectivity index (χ2n) is 7.69. The topological polar surface area (TPSA) is 55.8 Å². The summed E-state index contributed by atoms with van der Waals surface area (Å²) in [7, 11) is 0. The van der Waals surface area contributed by atoms with Gasteiger partial charge in [-0.25, -0.2) is 0 Å². The van der Waals surface area contributed by atoms with Crippen LogP contribution >= 0.6 is 0 Å². The fourth-order valence-corrected chi connectivity index (χ4v) is 4.13. The highest BCUT2D eigenvalue weighted by Gasteiger charge is 2.67. The number of carbonyl (C=O) groups excluding carboxylic acids is 2. The Morgan fingerprint density at radius 2 is 2.24 bits per heavy atom. The molecule has 4 atom stereocenters. The largest absolute Gasteiger partial charge is 0.465 e. The van der Waals surface area contributed by atoms with Crippen molar-refractivity contribution in [3.63, 3.8) is 0 Å². The SMILES string of the molecule is Cc1cccc(N2C[C@]34C=C[C@H](O3)[C@H](C(=O)OCC(C)C)[C@@H]4C2=O)c1. The molecule has 0 unspecified atom stereocenters. The van der Waals surface area contributed by atoms with Crippen molar-refractivity contribution in [1.82, 2.24) is 0 Å². The molecule has 0 radical (unpaired) electrons. The molecule has 4 rings (SSSR count). The van der Waals surface area contributed by atoms with Gasteiger partial charge in [-0.2, -0.15) is 0 Å². The van der Waals surface area contributed by atoms with Crippen LogP contribution in [0.4, 0.5) is 5.69 Å². The van der Waals surface area contributed by atoms with Gasteiger partial charge in [0.25, 0.3) is 0 Å². The highest BCUT2D eigenvalue weighted by atomic mass is 16.6. The van der Waals surface area contributed by atoms with Crippen molar-refractivity contribution in [1.29, 1.82) is 0 Å². The Balaban J connectivity index is 1.62. The molecule has 0 saturated carbocycles. The Kier molecular flexibility index (Phi) is 3.72. The van der Waals surface area contributed by atoms with Crippen LogP contribution in [0.15, 0.2) is 36.4 Å². The molecule has 1 aromatic carbocycles. The first-order valence-electron chi connectivity index (χ1n) is 8.83. The van der Waals surface area contributed by atoms with E-state index in [0.717, 1.165) is 11.3 Å². The summed E-state index contributed by atoms with van der Waals surface area (Å²) in [5.41, 5.74) is 1.24. The molecular formula is C20H23NO4. The van der Waals surface area contributed by atoms with Gasteiger partial charge in [-0.15, -0.1) is 0 Å². The van der Waals surface area contributed by atoms with Crippen LogP contribution in [0.2, 0.25) is 0 Å². The summed E-state index contributed by atoms with van der Waals surface area (Å²) >= 11 is 0. The van der Waals surface area contributed by atoms with Crippen molar-refractivity contribution in [2.75, 3.05) is 18.1 Å². The van der Waals surface area contributed by atoms with E-state index in [9.17, 15) is 9.59 Å². The Morgan fingerprint density at radius 1 is 1.44 bits per heavy atom. The van der Waals surface area contributed by atoms with Gasteiger partial charge in [0.2, 0.25) is 5.91 Å². The molecule has 3 aliphatic heterocycles. The van der Waals surface area contributed by atoms with Crippen LogP contribution in [0.3, 0.4) is 0 Å². The summed E-state index contributed by atoms with van der Waals surface area (Å²) in [5.74, 6) is -1.16. The molecule has 1 aromatic rings. The lowest BCUT2D eigenvalue weighted by Gasteiger charge is -2.23. The average molecular weight is 341 g/mol. The summed E-state index contributed by atoms with van der Waals surface area (Å²) in [6.07, 6.45) is 3.51. The Labute approximate surface area is 147 Å². The third-order valence-electron chi connectivity index (χ3n) is 5.24. The maximum atomic E-state index is 13.1. The van der Waals surface area contributed by atoms with E-state index in [4.69, 9.17) is 9.47 Å². The summed E-state index contributed by atoms with van der Waals surface area (Å²) in [5, 5.41) is 0. The van der Waals surface area contributed by atoms with E-state index in [2.05, 4.69) is 0 Å². The Hall–Kier alpha value is -2.14. The lowest BCUT2D eigenvalue weighted by Crippen LogP contribution is -2.40. The molecule has 3 heterocycles. The van der Waals surface area contributed by atoms with Crippen LogP contribution in [-0.2, 0) is 19.1 Å². The second-order valence-corrected chi connectivity index (χ2v) is 7.69. The molecule has 1 spiro atoms. The van der Waals surface area contributed by atoms with Crippen molar-refractivity contribution in [3.05, 3.63) is 42.0 Å². The number of amides is 1. The van der Waals surface area contributed by atoms with E-state index in [1.54, 1.807) is 4.90 Å². The minimum absolute atomic E-state index is 0.0519. The number of fused-ring (bicyclic) bond motifs is 1. The number of hydrogen-bond acceptors (Lipinski definition) is 4. The molecule has 2 fully saturated rings. The second kappa shape index (κ2) is 5.70. The van der Waals surface area contributed by atoms with Gasteiger partial charge in [0.1, 0.15) is 11.5 Å². The molecule has 5 nitrogen and oxygen atoms in total. The van der Waals surface area contributed by atoms with Gasteiger partial charge in [0.15, 0.2) is 0 Å². The Bertz CT molecular complexity index is 756. The molecule has 3 aliphatic rings. The van der Waals surface area contributed by atoms with Crippen molar-refractivity contribution >= 4 is 17.6 Å². The molecule has 5 heteroatoms. The summed E-state index contributed by atoms with van der Waals surface area (Å²) in [4.78, 5) is 27.5. The van der Waals surface area contributed by atoms with Crippen molar-refractivity contribution in [2.45, 2.75) is 32.5 Å². The molecular weight excluding hydrogens is 318 g/mol. The number of esters is 1. The minimum Gasteiger partial charge on any atom is -0.465 e. The number of anilines is 1. The van der Waals surface area contributed by atoms with Gasteiger partial charge >= 0.3 is 5.97 Å². The van der Waals surface area contributed by atoms with Crippen LogP contribution in [0, 0.1) is 24.7 Å². The van der Waals surface area contributed by atoms with Crippen LogP contribution in [0.25, 0.3) is 0 Å². The third-order valence-corrected chi connectivity index (χ3v) is 5.24. The zero-order valence-corrected chi connectivity index (χ0v) is 14.8. The fraction of sp³-hybridized carbons (Fsp3) is 0.500. The molecule has 0 N–H and O–H groups in total. The fourth-order valence-electron chi connectivity index (χ4n) is 4.13. The number of benzene rings is 1.